The zero-order valence-corrected chi connectivity index (χ0v) is 9.76. The molecule has 6 heteroatoms. The predicted octanol–water partition coefficient (Wildman–Crippen LogP) is 1.85. The highest BCUT2D eigenvalue weighted by Gasteiger charge is 2.47. The Labute approximate surface area is 98.4 Å². The Morgan fingerprint density at radius 2 is 2.00 bits per heavy atom. The summed E-state index contributed by atoms with van der Waals surface area (Å²) in [6, 6.07) is 0. The first kappa shape index (κ1) is 14.3. The van der Waals surface area contributed by atoms with Crippen LogP contribution in [0.2, 0.25) is 0 Å². The highest BCUT2D eigenvalue weighted by Crippen LogP contribution is 2.41. The van der Waals surface area contributed by atoms with Gasteiger partial charge in [0.25, 0.3) is 0 Å². The van der Waals surface area contributed by atoms with E-state index in [9.17, 15) is 18.0 Å². The zero-order chi connectivity index (χ0) is 13.1. The van der Waals surface area contributed by atoms with Gasteiger partial charge in [-0.2, -0.15) is 13.2 Å². The van der Waals surface area contributed by atoms with Crippen LogP contribution in [0.4, 0.5) is 13.2 Å². The average molecular weight is 253 g/mol. The summed E-state index contributed by atoms with van der Waals surface area (Å²) < 4.78 is 38.2. The number of hydrogen-bond donors (Lipinski definition) is 2. The summed E-state index contributed by atoms with van der Waals surface area (Å²) in [4.78, 5) is 11.6. The molecule has 3 nitrogen and oxygen atoms in total. The molecule has 1 aliphatic carbocycles. The smallest absolute Gasteiger partial charge is 0.392 e. The van der Waals surface area contributed by atoms with Crippen LogP contribution in [0.15, 0.2) is 0 Å². The number of halogens is 3. The van der Waals surface area contributed by atoms with Crippen molar-refractivity contribution in [3.8, 4) is 0 Å². The molecule has 1 fully saturated rings. The van der Waals surface area contributed by atoms with Crippen molar-refractivity contribution >= 4 is 5.91 Å². The van der Waals surface area contributed by atoms with Crippen molar-refractivity contribution in [1.29, 1.82) is 0 Å². The molecular formula is C11H18F3NO2. The van der Waals surface area contributed by atoms with Crippen LogP contribution in [0.1, 0.15) is 32.6 Å². The maximum atomic E-state index is 12.7. The molecule has 0 radical (unpaired) electrons. The number of hydrogen-bond acceptors (Lipinski definition) is 2. The zero-order valence-electron chi connectivity index (χ0n) is 9.76. The van der Waals surface area contributed by atoms with Gasteiger partial charge in [-0.3, -0.25) is 4.79 Å². The number of carbonyl (C=O) groups is 1. The Bertz CT molecular complexity index is 266. The fourth-order valence-electron chi connectivity index (χ4n) is 2.22. The summed E-state index contributed by atoms with van der Waals surface area (Å²) in [5.41, 5.74) is 0. The molecule has 100 valence electrons. The Hall–Kier alpha value is -0.780. The van der Waals surface area contributed by atoms with Crippen LogP contribution in [0.25, 0.3) is 0 Å². The van der Waals surface area contributed by atoms with Crippen molar-refractivity contribution in [3.63, 3.8) is 0 Å². The highest BCUT2D eigenvalue weighted by molar-refractivity contribution is 5.79. The van der Waals surface area contributed by atoms with E-state index >= 15 is 0 Å². The minimum atomic E-state index is -4.31. The van der Waals surface area contributed by atoms with Gasteiger partial charge in [-0.05, 0) is 19.8 Å². The number of carbonyl (C=O) groups excluding carboxylic acids is 1. The van der Waals surface area contributed by atoms with Crippen LogP contribution in [-0.4, -0.2) is 29.8 Å². The molecule has 0 aromatic carbocycles. The van der Waals surface area contributed by atoms with Gasteiger partial charge in [0.2, 0.25) is 5.91 Å². The molecule has 0 spiro atoms. The molecule has 0 aliphatic heterocycles. The Morgan fingerprint density at radius 1 is 1.41 bits per heavy atom. The summed E-state index contributed by atoms with van der Waals surface area (Å²) in [6.45, 7) is 1.47. The van der Waals surface area contributed by atoms with Crippen LogP contribution >= 0.6 is 0 Å². The molecule has 1 amide bonds. The lowest BCUT2D eigenvalue weighted by molar-refractivity contribution is -0.198. The first-order chi connectivity index (χ1) is 7.82. The van der Waals surface area contributed by atoms with Gasteiger partial charge in [-0.15, -0.1) is 0 Å². The van der Waals surface area contributed by atoms with Crippen LogP contribution in [0.3, 0.4) is 0 Å². The summed E-state index contributed by atoms with van der Waals surface area (Å²) in [7, 11) is 0. The quantitative estimate of drug-likeness (QED) is 0.806. The second-order valence-electron chi connectivity index (χ2n) is 4.63. The molecule has 0 aromatic heterocycles. The number of amides is 1. The van der Waals surface area contributed by atoms with E-state index in [0.29, 0.717) is 12.8 Å². The van der Waals surface area contributed by atoms with Crippen LogP contribution in [0.5, 0.6) is 0 Å². The van der Waals surface area contributed by atoms with Gasteiger partial charge in [-0.25, -0.2) is 0 Å². The molecule has 1 aliphatic rings. The van der Waals surface area contributed by atoms with Gasteiger partial charge in [0.1, 0.15) is 0 Å². The first-order valence-corrected chi connectivity index (χ1v) is 5.85. The fraction of sp³-hybridized carbons (Fsp3) is 0.909. The van der Waals surface area contributed by atoms with E-state index in [0.717, 1.165) is 0 Å². The molecule has 1 rings (SSSR count). The average Bonchev–Trinajstić information content (AvgIpc) is 2.24. The number of aliphatic hydroxyl groups excluding tert-OH is 1. The molecule has 0 aromatic rings. The van der Waals surface area contributed by atoms with Crippen molar-refractivity contribution < 1.29 is 23.1 Å². The van der Waals surface area contributed by atoms with Gasteiger partial charge in [0.05, 0.1) is 12.0 Å². The minimum absolute atomic E-state index is 0.0000888. The second-order valence-corrected chi connectivity index (χ2v) is 4.63. The number of rotatable bonds is 3. The maximum Gasteiger partial charge on any atom is 0.392 e. The molecule has 1 saturated carbocycles. The van der Waals surface area contributed by atoms with Crippen molar-refractivity contribution in [2.75, 3.05) is 6.54 Å². The van der Waals surface area contributed by atoms with Crippen molar-refractivity contribution in [3.05, 3.63) is 0 Å². The molecule has 3 atom stereocenters. The molecule has 0 saturated heterocycles. The van der Waals surface area contributed by atoms with Crippen molar-refractivity contribution in [2.24, 2.45) is 11.8 Å². The lowest BCUT2D eigenvalue weighted by atomic mass is 9.78. The van der Waals surface area contributed by atoms with E-state index in [4.69, 9.17) is 5.11 Å². The SMILES string of the molecule is CC(O)CNC(=O)C1CCCCC1C(F)(F)F. The van der Waals surface area contributed by atoms with E-state index in [1.807, 2.05) is 0 Å². The maximum absolute atomic E-state index is 12.7. The Morgan fingerprint density at radius 3 is 2.53 bits per heavy atom. The van der Waals surface area contributed by atoms with Crippen molar-refractivity contribution in [1.82, 2.24) is 5.32 Å². The first-order valence-electron chi connectivity index (χ1n) is 5.85. The molecule has 2 N–H and O–H groups in total. The molecule has 3 unspecified atom stereocenters. The largest absolute Gasteiger partial charge is 0.392 e. The van der Waals surface area contributed by atoms with Crippen LogP contribution in [0, 0.1) is 11.8 Å². The normalized spacial score (nSPS) is 27.6. The third-order valence-electron chi connectivity index (χ3n) is 3.09. The van der Waals surface area contributed by atoms with Gasteiger partial charge in [0, 0.05) is 12.5 Å². The number of alkyl halides is 3. The lowest BCUT2D eigenvalue weighted by Crippen LogP contribution is -2.44. The Kier molecular flexibility index (Phi) is 4.80. The van der Waals surface area contributed by atoms with Gasteiger partial charge < -0.3 is 10.4 Å². The fourth-order valence-corrected chi connectivity index (χ4v) is 2.22. The Balaban J connectivity index is 2.61. The molecule has 0 bridgehead atoms. The molecule has 17 heavy (non-hydrogen) atoms. The van der Waals surface area contributed by atoms with Crippen LogP contribution in [-0.2, 0) is 4.79 Å². The van der Waals surface area contributed by atoms with E-state index in [1.54, 1.807) is 0 Å². The number of aliphatic hydroxyl groups is 1. The summed E-state index contributed by atoms with van der Waals surface area (Å²) in [5.74, 6) is -3.12. The van der Waals surface area contributed by atoms with E-state index in [2.05, 4.69) is 5.32 Å². The molecular weight excluding hydrogens is 235 g/mol. The third-order valence-corrected chi connectivity index (χ3v) is 3.09. The second kappa shape index (κ2) is 5.71. The standard InChI is InChI=1S/C11H18F3NO2/c1-7(16)6-15-10(17)8-4-2-3-5-9(8)11(12,13)14/h7-9,16H,2-6H2,1H3,(H,15,17). The van der Waals surface area contributed by atoms with Gasteiger partial charge >= 0.3 is 6.18 Å². The lowest BCUT2D eigenvalue weighted by Gasteiger charge is -2.32. The van der Waals surface area contributed by atoms with E-state index < -0.39 is 30.0 Å². The third kappa shape index (κ3) is 4.18. The van der Waals surface area contributed by atoms with Crippen molar-refractivity contribution in [2.45, 2.75) is 44.9 Å². The minimum Gasteiger partial charge on any atom is -0.392 e. The summed E-state index contributed by atoms with van der Waals surface area (Å²) in [6.07, 6.45) is -3.59. The van der Waals surface area contributed by atoms with E-state index in [-0.39, 0.29) is 19.4 Å². The highest BCUT2D eigenvalue weighted by atomic mass is 19.4. The van der Waals surface area contributed by atoms with Crippen LogP contribution < -0.4 is 5.32 Å². The van der Waals surface area contributed by atoms with Gasteiger partial charge in [-0.1, -0.05) is 12.8 Å². The van der Waals surface area contributed by atoms with E-state index in [1.165, 1.54) is 6.92 Å². The van der Waals surface area contributed by atoms with Gasteiger partial charge in [0.15, 0.2) is 0 Å². The predicted molar refractivity (Wildman–Crippen MR) is 56.2 cm³/mol. The summed E-state index contributed by atoms with van der Waals surface area (Å²) >= 11 is 0. The summed E-state index contributed by atoms with van der Waals surface area (Å²) in [5, 5.41) is 11.4. The monoisotopic (exact) mass is 253 g/mol. The topological polar surface area (TPSA) is 49.3 Å². The molecule has 0 heterocycles. The number of nitrogens with one attached hydrogen (secondary N) is 1.